The van der Waals surface area contributed by atoms with Crippen molar-refractivity contribution in [3.63, 3.8) is 0 Å². The average molecular weight is 416 g/mol. The van der Waals surface area contributed by atoms with Gasteiger partial charge in [0.05, 0.1) is 20.1 Å². The quantitative estimate of drug-likeness (QED) is 0.595. The molecule has 164 valence electrons. The molecule has 0 spiro atoms. The average Bonchev–Trinajstić information content (AvgIpc) is 3.67. The fourth-order valence-corrected chi connectivity index (χ4v) is 4.51. The molecule has 0 N–H and O–H groups in total. The number of esters is 1. The van der Waals surface area contributed by atoms with Crippen molar-refractivity contribution in [2.45, 2.75) is 57.5 Å². The Balaban J connectivity index is 1.12. The minimum absolute atomic E-state index is 0.119. The zero-order valence-electron chi connectivity index (χ0n) is 18.1. The molecule has 0 radical (unpaired) electrons. The summed E-state index contributed by atoms with van der Waals surface area (Å²) >= 11 is 0. The molecule has 1 aliphatic heterocycles. The molecule has 1 aromatic carbocycles. The molecule has 30 heavy (non-hydrogen) atoms. The predicted octanol–water partition coefficient (Wildman–Crippen LogP) is 4.21. The molecule has 6 heteroatoms. The zero-order chi connectivity index (χ0) is 21.1. The number of methoxy groups -OCH3 is 1. The Bertz CT molecular complexity index is 749. The van der Waals surface area contributed by atoms with Crippen molar-refractivity contribution in [3.8, 4) is 5.75 Å². The van der Waals surface area contributed by atoms with Crippen LogP contribution >= 0.6 is 0 Å². The first-order valence-corrected chi connectivity index (χ1v) is 11.2. The van der Waals surface area contributed by atoms with Crippen LogP contribution in [-0.4, -0.2) is 49.4 Å². The van der Waals surface area contributed by atoms with E-state index in [1.807, 2.05) is 36.1 Å². The first kappa shape index (κ1) is 21.0. The van der Waals surface area contributed by atoms with Crippen LogP contribution in [0.15, 0.2) is 24.3 Å². The largest absolute Gasteiger partial charge is 0.494 e. The highest BCUT2D eigenvalue weighted by Crippen LogP contribution is 2.50. The summed E-state index contributed by atoms with van der Waals surface area (Å²) in [6, 6.07) is 7.65. The van der Waals surface area contributed by atoms with Crippen LogP contribution in [0.4, 0.5) is 4.79 Å². The summed E-state index contributed by atoms with van der Waals surface area (Å²) in [6.07, 6.45) is 6.72. The molecule has 1 amide bonds. The highest BCUT2D eigenvalue weighted by Gasteiger charge is 2.45. The molecule has 1 saturated heterocycles. The van der Waals surface area contributed by atoms with Crippen molar-refractivity contribution < 1.29 is 23.8 Å². The van der Waals surface area contributed by atoms with Crippen molar-refractivity contribution in [1.29, 1.82) is 0 Å². The van der Waals surface area contributed by atoms with Crippen LogP contribution in [0.25, 0.3) is 0 Å². The van der Waals surface area contributed by atoms with Gasteiger partial charge in [-0.1, -0.05) is 12.1 Å². The van der Waals surface area contributed by atoms with E-state index in [-0.39, 0.29) is 24.1 Å². The summed E-state index contributed by atoms with van der Waals surface area (Å²) < 4.78 is 16.2. The van der Waals surface area contributed by atoms with Crippen LogP contribution in [0.1, 0.15) is 51.0 Å². The first-order valence-electron chi connectivity index (χ1n) is 11.2. The normalized spacial score (nSPS) is 24.8. The summed E-state index contributed by atoms with van der Waals surface area (Å²) in [5.41, 5.74) is 0.745. The molecule has 0 unspecified atom stereocenters. The lowest BCUT2D eigenvalue weighted by atomic mass is 9.91. The predicted molar refractivity (Wildman–Crippen MR) is 112 cm³/mol. The lowest BCUT2D eigenvalue weighted by molar-refractivity contribution is -0.139. The second-order valence-corrected chi connectivity index (χ2v) is 9.34. The molecule has 3 fully saturated rings. The van der Waals surface area contributed by atoms with Gasteiger partial charge in [-0.25, -0.2) is 4.79 Å². The maximum atomic E-state index is 12.2. The maximum absolute atomic E-state index is 12.2. The molecule has 4 rings (SSSR count). The van der Waals surface area contributed by atoms with Crippen molar-refractivity contribution >= 4 is 12.1 Å². The SMILES string of the molecule is COC(=O)Cc1ccc(OCC[C@@H]2C[C@@H]2C2CCN(C(=O)OC3(C)CC3)CC2)cc1. The number of hydrogen-bond acceptors (Lipinski definition) is 5. The van der Waals surface area contributed by atoms with Crippen LogP contribution < -0.4 is 4.74 Å². The highest BCUT2D eigenvalue weighted by molar-refractivity contribution is 5.72. The number of ether oxygens (including phenoxy) is 3. The molecular formula is C24H33NO5. The van der Waals surface area contributed by atoms with Crippen molar-refractivity contribution in [2.24, 2.45) is 17.8 Å². The van der Waals surface area contributed by atoms with Gasteiger partial charge in [0.15, 0.2) is 0 Å². The molecule has 0 aromatic heterocycles. The van der Waals surface area contributed by atoms with Gasteiger partial charge in [-0.2, -0.15) is 0 Å². The minimum atomic E-state index is -0.233. The topological polar surface area (TPSA) is 65.1 Å². The van der Waals surface area contributed by atoms with Crippen molar-refractivity contribution in [3.05, 3.63) is 29.8 Å². The van der Waals surface area contributed by atoms with Gasteiger partial charge in [0.2, 0.25) is 0 Å². The number of piperidine rings is 1. The van der Waals surface area contributed by atoms with Gasteiger partial charge in [0, 0.05) is 13.1 Å². The minimum Gasteiger partial charge on any atom is -0.494 e. The number of carbonyl (C=O) groups is 2. The number of nitrogens with zero attached hydrogens (tertiary/aromatic N) is 1. The third-order valence-electron chi connectivity index (χ3n) is 6.93. The number of amides is 1. The number of hydrogen-bond donors (Lipinski definition) is 0. The molecule has 2 atom stereocenters. The van der Waals surface area contributed by atoms with Gasteiger partial charge in [-0.05, 0) is 80.9 Å². The Morgan fingerprint density at radius 2 is 1.83 bits per heavy atom. The third kappa shape index (κ3) is 5.46. The maximum Gasteiger partial charge on any atom is 0.410 e. The monoisotopic (exact) mass is 415 g/mol. The standard InChI is InChI=1S/C24H33NO5/c1-24(10-11-24)30-23(27)25-12-7-18(8-13-25)21-16-19(21)9-14-29-20-5-3-17(4-6-20)15-22(26)28-2/h3-6,18-19,21H,7-16H2,1-2H3/t19-,21-/m1/s1. The van der Waals surface area contributed by atoms with Crippen LogP contribution in [-0.2, 0) is 20.7 Å². The fraction of sp³-hybridized carbons (Fsp3) is 0.667. The van der Waals surface area contributed by atoms with E-state index < -0.39 is 0 Å². The fourth-order valence-electron chi connectivity index (χ4n) is 4.51. The van der Waals surface area contributed by atoms with Crippen LogP contribution in [0.3, 0.4) is 0 Å². The van der Waals surface area contributed by atoms with Crippen LogP contribution in [0, 0.1) is 17.8 Å². The zero-order valence-corrected chi connectivity index (χ0v) is 18.1. The van der Waals surface area contributed by atoms with Crippen LogP contribution in [0.2, 0.25) is 0 Å². The Hall–Kier alpha value is -2.24. The molecule has 1 aromatic rings. The number of likely N-dealkylation sites (tertiary alicyclic amines) is 1. The molecule has 6 nitrogen and oxygen atoms in total. The van der Waals surface area contributed by atoms with Gasteiger partial charge >= 0.3 is 12.1 Å². The van der Waals surface area contributed by atoms with E-state index in [4.69, 9.17) is 9.47 Å². The Morgan fingerprint density at radius 1 is 1.13 bits per heavy atom. The second-order valence-electron chi connectivity index (χ2n) is 9.34. The Morgan fingerprint density at radius 3 is 2.47 bits per heavy atom. The molecule has 2 saturated carbocycles. The summed E-state index contributed by atoms with van der Waals surface area (Å²) in [5, 5.41) is 0. The Labute approximate surface area is 178 Å². The van der Waals surface area contributed by atoms with E-state index in [9.17, 15) is 9.59 Å². The summed E-state index contributed by atoms with van der Waals surface area (Å²) in [7, 11) is 1.40. The lowest BCUT2D eigenvalue weighted by Crippen LogP contribution is -2.40. The first-order chi connectivity index (χ1) is 14.5. The molecule has 1 heterocycles. The second kappa shape index (κ2) is 8.86. The van der Waals surface area contributed by atoms with Gasteiger partial charge in [0.25, 0.3) is 0 Å². The van der Waals surface area contributed by atoms with E-state index in [2.05, 4.69) is 4.74 Å². The van der Waals surface area contributed by atoms with E-state index >= 15 is 0 Å². The summed E-state index contributed by atoms with van der Waals surface area (Å²) in [5.74, 6) is 2.88. The van der Waals surface area contributed by atoms with Gasteiger partial charge in [-0.15, -0.1) is 0 Å². The summed E-state index contributed by atoms with van der Waals surface area (Å²) in [6.45, 7) is 4.40. The highest BCUT2D eigenvalue weighted by atomic mass is 16.6. The lowest BCUT2D eigenvalue weighted by Gasteiger charge is -2.32. The van der Waals surface area contributed by atoms with E-state index in [0.717, 1.165) is 80.9 Å². The van der Waals surface area contributed by atoms with Gasteiger partial charge in [-0.3, -0.25) is 4.79 Å². The van der Waals surface area contributed by atoms with E-state index in [1.165, 1.54) is 13.5 Å². The van der Waals surface area contributed by atoms with Crippen molar-refractivity contribution in [1.82, 2.24) is 4.90 Å². The van der Waals surface area contributed by atoms with Gasteiger partial charge in [0.1, 0.15) is 11.4 Å². The Kier molecular flexibility index (Phi) is 6.21. The number of benzene rings is 1. The smallest absolute Gasteiger partial charge is 0.410 e. The van der Waals surface area contributed by atoms with Crippen LogP contribution in [0.5, 0.6) is 5.75 Å². The number of carbonyl (C=O) groups excluding carboxylic acids is 2. The van der Waals surface area contributed by atoms with E-state index in [0.29, 0.717) is 0 Å². The molecule has 2 aliphatic carbocycles. The molecule has 0 bridgehead atoms. The van der Waals surface area contributed by atoms with E-state index in [1.54, 1.807) is 0 Å². The van der Waals surface area contributed by atoms with Gasteiger partial charge < -0.3 is 19.1 Å². The molecule has 3 aliphatic rings. The molecular weight excluding hydrogens is 382 g/mol. The van der Waals surface area contributed by atoms with Crippen molar-refractivity contribution in [2.75, 3.05) is 26.8 Å². The summed E-state index contributed by atoms with van der Waals surface area (Å²) in [4.78, 5) is 25.4. The third-order valence-corrected chi connectivity index (χ3v) is 6.93. The number of rotatable bonds is 8.